The number of carbonyl (C=O) groups is 1. The van der Waals surface area contributed by atoms with Gasteiger partial charge in [0.05, 0.1) is 0 Å². The summed E-state index contributed by atoms with van der Waals surface area (Å²) >= 11 is 1.60. The molecule has 1 aliphatic carbocycles. The SMILES string of the molecule is Cl.NC(=O)C1c2cc[c]cc2CC1[AsH2]. The van der Waals surface area contributed by atoms with E-state index in [2.05, 4.69) is 6.07 Å². The van der Waals surface area contributed by atoms with Gasteiger partial charge in [0.2, 0.25) is 0 Å². The van der Waals surface area contributed by atoms with Crippen LogP contribution in [0.2, 0.25) is 4.71 Å². The quantitative estimate of drug-likeness (QED) is 0.742. The van der Waals surface area contributed by atoms with Crippen LogP contribution in [0.3, 0.4) is 0 Å². The Balaban J connectivity index is 0.000000980. The molecule has 0 fully saturated rings. The predicted octanol–water partition coefficient (Wildman–Crippen LogP) is 0.455. The van der Waals surface area contributed by atoms with Crippen LogP contribution in [-0.2, 0) is 11.2 Å². The van der Waals surface area contributed by atoms with E-state index >= 15 is 0 Å². The Morgan fingerprint density at radius 1 is 1.64 bits per heavy atom. The molecule has 1 aliphatic rings. The Morgan fingerprint density at radius 2 is 2.36 bits per heavy atom. The van der Waals surface area contributed by atoms with E-state index < -0.39 is 0 Å². The van der Waals surface area contributed by atoms with Crippen molar-refractivity contribution in [3.05, 3.63) is 35.4 Å². The summed E-state index contributed by atoms with van der Waals surface area (Å²) in [5, 5.41) is 0. The summed E-state index contributed by atoms with van der Waals surface area (Å²) in [4.78, 5) is 11.2. The van der Waals surface area contributed by atoms with Gasteiger partial charge in [0, 0.05) is 0 Å². The van der Waals surface area contributed by atoms with E-state index in [1.165, 1.54) is 5.56 Å². The second kappa shape index (κ2) is 4.37. The van der Waals surface area contributed by atoms with Crippen LogP contribution in [0, 0.1) is 6.07 Å². The predicted molar refractivity (Wildman–Crippen MR) is 60.5 cm³/mol. The van der Waals surface area contributed by atoms with Crippen LogP contribution in [0.1, 0.15) is 17.0 Å². The van der Waals surface area contributed by atoms with E-state index in [9.17, 15) is 4.79 Å². The first-order valence-electron chi connectivity index (χ1n) is 4.24. The number of primary amides is 1. The third-order valence-electron chi connectivity index (χ3n) is 2.51. The molecular weight excluding hydrogens is 260 g/mol. The number of rotatable bonds is 1. The van der Waals surface area contributed by atoms with Crippen molar-refractivity contribution in [3.8, 4) is 0 Å². The minimum atomic E-state index is -0.195. The molecule has 2 rings (SSSR count). The number of hydrogen-bond acceptors (Lipinski definition) is 1. The van der Waals surface area contributed by atoms with Crippen LogP contribution in [0.4, 0.5) is 0 Å². The first-order valence-corrected chi connectivity index (χ1v) is 5.64. The van der Waals surface area contributed by atoms with Gasteiger partial charge in [-0.05, 0) is 0 Å². The Kier molecular flexibility index (Phi) is 3.63. The summed E-state index contributed by atoms with van der Waals surface area (Å²) in [5.74, 6) is -0.260. The molecule has 0 heterocycles. The summed E-state index contributed by atoms with van der Waals surface area (Å²) in [5.41, 5.74) is 7.71. The fourth-order valence-electron chi connectivity index (χ4n) is 1.92. The molecule has 0 saturated heterocycles. The number of hydrogen-bond donors (Lipinski definition) is 1. The molecule has 1 radical (unpaired) electrons. The van der Waals surface area contributed by atoms with E-state index in [-0.39, 0.29) is 24.2 Å². The second-order valence-electron chi connectivity index (χ2n) is 3.37. The molecule has 1 aromatic rings. The average molecular weight is 273 g/mol. The van der Waals surface area contributed by atoms with Gasteiger partial charge in [-0.1, -0.05) is 0 Å². The van der Waals surface area contributed by atoms with Crippen LogP contribution in [0.15, 0.2) is 18.2 Å². The van der Waals surface area contributed by atoms with Crippen molar-refractivity contribution in [2.24, 2.45) is 5.73 Å². The molecule has 3 unspecified atom stereocenters. The average Bonchev–Trinajstić information content (AvgIpc) is 2.39. The maximum atomic E-state index is 11.2. The minimum absolute atomic E-state index is 0. The van der Waals surface area contributed by atoms with E-state index in [1.807, 2.05) is 18.2 Å². The zero-order chi connectivity index (χ0) is 9.42. The standard InChI is InChI=1S/C10H11AsNO.ClH/c11-8-5-6-3-1-2-4-7(6)9(8)10(12)13;/h2-4,8-9H,5,11H2,(H2,12,13);1H. The molecule has 2 nitrogen and oxygen atoms in total. The summed E-state index contributed by atoms with van der Waals surface area (Å²) in [6.07, 6.45) is 0.972. The van der Waals surface area contributed by atoms with Crippen molar-refractivity contribution in [1.29, 1.82) is 0 Å². The van der Waals surface area contributed by atoms with Crippen molar-refractivity contribution in [2.75, 3.05) is 0 Å². The summed E-state index contributed by atoms with van der Waals surface area (Å²) in [6, 6.07) is 8.80. The van der Waals surface area contributed by atoms with Crippen LogP contribution in [0.5, 0.6) is 0 Å². The number of carbonyl (C=O) groups excluding carboxylic acids is 1. The monoisotopic (exact) mass is 272 g/mol. The molecule has 3 atom stereocenters. The van der Waals surface area contributed by atoms with E-state index in [0.29, 0.717) is 4.71 Å². The van der Waals surface area contributed by atoms with E-state index in [0.717, 1.165) is 12.0 Å². The van der Waals surface area contributed by atoms with Gasteiger partial charge >= 0.3 is 85.7 Å². The second-order valence-corrected chi connectivity index (χ2v) is 5.17. The molecule has 14 heavy (non-hydrogen) atoms. The fourth-order valence-corrected chi connectivity index (χ4v) is 3.29. The molecule has 1 amide bonds. The fraction of sp³-hybridized carbons (Fsp3) is 0.300. The number of nitrogens with two attached hydrogens (primary N) is 1. The van der Waals surface area contributed by atoms with Gasteiger partial charge < -0.3 is 0 Å². The van der Waals surface area contributed by atoms with Gasteiger partial charge in [-0.3, -0.25) is 0 Å². The number of halogens is 1. The van der Waals surface area contributed by atoms with Crippen molar-refractivity contribution in [1.82, 2.24) is 0 Å². The molecule has 75 valence electrons. The van der Waals surface area contributed by atoms with Crippen molar-refractivity contribution in [2.45, 2.75) is 17.0 Å². The molecule has 4 heteroatoms. The zero-order valence-corrected chi connectivity index (χ0v) is 10.8. The Bertz CT molecular complexity index is 356. The summed E-state index contributed by atoms with van der Waals surface area (Å²) < 4.78 is 0.399. The van der Waals surface area contributed by atoms with Crippen molar-refractivity contribution >= 4 is 35.2 Å². The maximum absolute atomic E-state index is 11.2. The van der Waals surface area contributed by atoms with Crippen LogP contribution < -0.4 is 5.73 Å². The van der Waals surface area contributed by atoms with Crippen LogP contribution in [-0.4, -0.2) is 22.8 Å². The number of benzene rings is 1. The third-order valence-corrected chi connectivity index (χ3v) is 3.81. The van der Waals surface area contributed by atoms with Gasteiger partial charge in [0.1, 0.15) is 0 Å². The topological polar surface area (TPSA) is 43.1 Å². The molecule has 2 N–H and O–H groups in total. The summed E-state index contributed by atoms with van der Waals surface area (Å²) in [7, 11) is 0. The van der Waals surface area contributed by atoms with Gasteiger partial charge in [-0.2, -0.15) is 0 Å². The molecule has 0 saturated carbocycles. The van der Waals surface area contributed by atoms with Gasteiger partial charge in [0.15, 0.2) is 0 Å². The molecule has 1 aromatic carbocycles. The molecule has 0 aliphatic heterocycles. The number of fused-ring (bicyclic) bond motifs is 1. The number of amides is 1. The van der Waals surface area contributed by atoms with Gasteiger partial charge in [0.25, 0.3) is 0 Å². The summed E-state index contributed by atoms with van der Waals surface area (Å²) in [6.45, 7) is 0. The molecular formula is C10H12AsClNO. The third kappa shape index (κ3) is 1.82. The Hall–Kier alpha value is -0.462. The van der Waals surface area contributed by atoms with Crippen LogP contribution in [0.25, 0.3) is 0 Å². The zero-order valence-electron chi connectivity index (χ0n) is 7.57. The van der Waals surface area contributed by atoms with Crippen molar-refractivity contribution < 1.29 is 4.79 Å². The van der Waals surface area contributed by atoms with Gasteiger partial charge in [-0.25, -0.2) is 0 Å². The van der Waals surface area contributed by atoms with Gasteiger partial charge in [-0.15, -0.1) is 12.4 Å². The first kappa shape index (κ1) is 11.6. The van der Waals surface area contributed by atoms with E-state index in [4.69, 9.17) is 5.73 Å². The van der Waals surface area contributed by atoms with Crippen LogP contribution >= 0.6 is 12.4 Å². The Morgan fingerprint density at radius 3 is 3.00 bits per heavy atom. The first-order chi connectivity index (χ1) is 6.20. The molecule has 0 spiro atoms. The van der Waals surface area contributed by atoms with E-state index in [1.54, 1.807) is 16.9 Å². The molecule has 0 bridgehead atoms. The van der Waals surface area contributed by atoms with Crippen molar-refractivity contribution in [3.63, 3.8) is 0 Å². The normalized spacial score (nSPS) is 23.8. The Labute approximate surface area is 98.2 Å². The molecule has 0 aromatic heterocycles.